The van der Waals surface area contributed by atoms with Crippen LogP contribution >= 0.6 is 0 Å². The molecule has 1 aliphatic heterocycles. The molecule has 1 aromatic carbocycles. The zero-order valence-electron chi connectivity index (χ0n) is 15.8. The average Bonchev–Trinajstić information content (AvgIpc) is 2.63. The average molecular weight is 383 g/mol. The minimum absolute atomic E-state index is 0.0534. The first-order chi connectivity index (χ1) is 12.7. The summed E-state index contributed by atoms with van der Waals surface area (Å²) >= 11 is 0. The minimum Gasteiger partial charge on any atom is -0.465 e. The Kier molecular flexibility index (Phi) is 6.71. The number of hydrogen-bond donors (Lipinski definition) is 0. The lowest BCUT2D eigenvalue weighted by atomic mass is 9.97. The van der Waals surface area contributed by atoms with Crippen LogP contribution in [0.5, 0.6) is 0 Å². The third-order valence-electron chi connectivity index (χ3n) is 4.97. The van der Waals surface area contributed by atoms with Gasteiger partial charge in [-0.25, -0.2) is 4.79 Å². The number of benzene rings is 1. The molecule has 0 N–H and O–H groups in total. The standard InChI is InChI=1S/C19H24F3N3O2/c1-4-25(15-5-7-24(8-6-15)12-19(20,21)22)17-10-14(11-23)9-16(13(17)2)18(26)27-3/h9-10,15H,4-8,12H2,1-3H3. The lowest BCUT2D eigenvalue weighted by molar-refractivity contribution is -0.147. The van der Waals surface area contributed by atoms with Crippen molar-refractivity contribution in [3.63, 3.8) is 0 Å². The Balaban J connectivity index is 2.25. The van der Waals surface area contributed by atoms with Gasteiger partial charge < -0.3 is 9.64 Å². The third kappa shape index (κ3) is 5.13. The molecule has 0 unspecified atom stereocenters. The molecule has 0 aromatic heterocycles. The lowest BCUT2D eigenvalue weighted by Crippen LogP contribution is -2.47. The topological polar surface area (TPSA) is 56.6 Å². The molecule has 2 rings (SSSR count). The molecule has 1 aromatic rings. The summed E-state index contributed by atoms with van der Waals surface area (Å²) in [6.45, 7) is 4.22. The Labute approximate surface area is 157 Å². The van der Waals surface area contributed by atoms with Crippen LogP contribution in [-0.2, 0) is 4.74 Å². The maximum Gasteiger partial charge on any atom is 0.401 e. The number of methoxy groups -OCH3 is 1. The predicted octanol–water partition coefficient (Wildman–Crippen LogP) is 3.51. The summed E-state index contributed by atoms with van der Waals surface area (Å²) < 4.78 is 42.6. The number of carbonyl (C=O) groups is 1. The first-order valence-corrected chi connectivity index (χ1v) is 8.89. The number of hydrogen-bond acceptors (Lipinski definition) is 5. The van der Waals surface area contributed by atoms with Crippen LogP contribution in [0.3, 0.4) is 0 Å². The van der Waals surface area contributed by atoms with Crippen molar-refractivity contribution < 1.29 is 22.7 Å². The maximum absolute atomic E-state index is 12.6. The quantitative estimate of drug-likeness (QED) is 0.729. The van der Waals surface area contributed by atoms with Crippen LogP contribution in [0.2, 0.25) is 0 Å². The van der Waals surface area contributed by atoms with Crippen molar-refractivity contribution in [1.82, 2.24) is 4.90 Å². The van der Waals surface area contributed by atoms with Gasteiger partial charge in [-0.05, 0) is 44.4 Å². The molecule has 0 amide bonds. The summed E-state index contributed by atoms with van der Waals surface area (Å²) in [5.74, 6) is -0.512. The summed E-state index contributed by atoms with van der Waals surface area (Å²) in [6, 6.07) is 5.35. The van der Waals surface area contributed by atoms with Gasteiger partial charge in [0.15, 0.2) is 0 Å². The van der Waals surface area contributed by atoms with E-state index in [1.54, 1.807) is 13.0 Å². The molecule has 1 heterocycles. The molecule has 0 aliphatic carbocycles. The van der Waals surface area contributed by atoms with Gasteiger partial charge in [-0.15, -0.1) is 0 Å². The van der Waals surface area contributed by atoms with Crippen LogP contribution in [0.1, 0.15) is 41.3 Å². The van der Waals surface area contributed by atoms with E-state index in [-0.39, 0.29) is 6.04 Å². The second kappa shape index (κ2) is 8.61. The molecule has 5 nitrogen and oxygen atoms in total. The van der Waals surface area contributed by atoms with Crippen molar-refractivity contribution in [2.24, 2.45) is 0 Å². The molecule has 1 aliphatic rings. The van der Waals surface area contributed by atoms with E-state index in [0.717, 1.165) is 5.69 Å². The van der Waals surface area contributed by atoms with E-state index in [1.807, 2.05) is 6.92 Å². The molecule has 0 saturated carbocycles. The van der Waals surface area contributed by atoms with Crippen molar-refractivity contribution >= 4 is 11.7 Å². The monoisotopic (exact) mass is 383 g/mol. The first-order valence-electron chi connectivity index (χ1n) is 8.89. The Morgan fingerprint density at radius 1 is 1.37 bits per heavy atom. The molecular formula is C19H24F3N3O2. The van der Waals surface area contributed by atoms with Crippen molar-refractivity contribution in [2.45, 2.75) is 38.9 Å². The fourth-order valence-corrected chi connectivity index (χ4v) is 3.65. The summed E-state index contributed by atoms with van der Waals surface area (Å²) in [6.07, 6.45) is -3.01. The second-order valence-corrected chi connectivity index (χ2v) is 6.68. The van der Waals surface area contributed by atoms with Crippen LogP contribution in [0.25, 0.3) is 0 Å². The molecule has 148 valence electrons. The Morgan fingerprint density at radius 2 is 2.00 bits per heavy atom. The Hall–Kier alpha value is -2.27. The number of rotatable bonds is 5. The number of esters is 1. The van der Waals surface area contributed by atoms with E-state index >= 15 is 0 Å². The molecule has 0 atom stereocenters. The number of anilines is 1. The SMILES string of the molecule is CCN(c1cc(C#N)cc(C(=O)OC)c1C)C1CCN(CC(F)(F)F)CC1. The normalized spacial score (nSPS) is 16.0. The second-order valence-electron chi connectivity index (χ2n) is 6.68. The number of nitriles is 1. The van der Waals surface area contributed by atoms with E-state index in [0.29, 0.717) is 49.2 Å². The summed E-state index contributed by atoms with van der Waals surface area (Å²) in [4.78, 5) is 15.6. The van der Waals surface area contributed by atoms with Crippen molar-refractivity contribution in [3.05, 3.63) is 28.8 Å². The Bertz CT molecular complexity index is 720. The first kappa shape index (κ1) is 21.0. The van der Waals surface area contributed by atoms with Crippen LogP contribution in [0.15, 0.2) is 12.1 Å². The van der Waals surface area contributed by atoms with E-state index < -0.39 is 18.7 Å². The van der Waals surface area contributed by atoms with E-state index in [1.165, 1.54) is 18.1 Å². The highest BCUT2D eigenvalue weighted by Crippen LogP contribution is 2.31. The number of likely N-dealkylation sites (tertiary alicyclic amines) is 1. The molecule has 0 radical (unpaired) electrons. The molecule has 8 heteroatoms. The molecule has 0 spiro atoms. The fourth-order valence-electron chi connectivity index (χ4n) is 3.65. The Morgan fingerprint density at radius 3 is 2.48 bits per heavy atom. The smallest absolute Gasteiger partial charge is 0.401 e. The fraction of sp³-hybridized carbons (Fsp3) is 0.579. The van der Waals surface area contributed by atoms with E-state index in [4.69, 9.17) is 4.74 Å². The van der Waals surface area contributed by atoms with Gasteiger partial charge in [0.05, 0.1) is 30.9 Å². The molecule has 1 saturated heterocycles. The highest BCUT2D eigenvalue weighted by atomic mass is 19.4. The van der Waals surface area contributed by atoms with Crippen LogP contribution in [0, 0.1) is 18.3 Å². The summed E-state index contributed by atoms with van der Waals surface area (Å²) in [7, 11) is 1.29. The summed E-state index contributed by atoms with van der Waals surface area (Å²) in [5, 5.41) is 9.31. The third-order valence-corrected chi connectivity index (χ3v) is 4.97. The number of nitrogens with zero attached hydrogens (tertiary/aromatic N) is 3. The molecular weight excluding hydrogens is 359 g/mol. The zero-order chi connectivity index (χ0) is 20.2. The van der Waals surface area contributed by atoms with Crippen molar-refractivity contribution in [2.75, 3.05) is 38.2 Å². The number of carbonyl (C=O) groups excluding carboxylic acids is 1. The largest absolute Gasteiger partial charge is 0.465 e. The highest BCUT2D eigenvalue weighted by molar-refractivity contribution is 5.93. The van der Waals surface area contributed by atoms with Gasteiger partial charge in [0.1, 0.15) is 0 Å². The van der Waals surface area contributed by atoms with Crippen LogP contribution < -0.4 is 4.90 Å². The van der Waals surface area contributed by atoms with Gasteiger partial charge in [0, 0.05) is 31.4 Å². The van der Waals surface area contributed by atoms with Crippen molar-refractivity contribution in [3.8, 4) is 6.07 Å². The maximum atomic E-state index is 12.6. The van der Waals surface area contributed by atoms with Gasteiger partial charge >= 0.3 is 12.1 Å². The summed E-state index contributed by atoms with van der Waals surface area (Å²) in [5.41, 5.74) is 2.15. The van der Waals surface area contributed by atoms with E-state index in [2.05, 4.69) is 11.0 Å². The van der Waals surface area contributed by atoms with Crippen molar-refractivity contribution in [1.29, 1.82) is 5.26 Å². The number of halogens is 3. The number of ether oxygens (including phenoxy) is 1. The van der Waals surface area contributed by atoms with Gasteiger partial charge in [-0.3, -0.25) is 4.90 Å². The van der Waals surface area contributed by atoms with Gasteiger partial charge in [-0.1, -0.05) is 0 Å². The zero-order valence-corrected chi connectivity index (χ0v) is 15.8. The van der Waals surface area contributed by atoms with Crippen LogP contribution in [-0.4, -0.2) is 56.4 Å². The van der Waals surface area contributed by atoms with Gasteiger partial charge in [0.2, 0.25) is 0 Å². The number of alkyl halides is 3. The van der Waals surface area contributed by atoms with Gasteiger partial charge in [-0.2, -0.15) is 18.4 Å². The highest BCUT2D eigenvalue weighted by Gasteiger charge is 2.34. The molecule has 27 heavy (non-hydrogen) atoms. The number of piperidine rings is 1. The minimum atomic E-state index is -4.19. The lowest BCUT2D eigenvalue weighted by Gasteiger charge is -2.40. The van der Waals surface area contributed by atoms with Crippen LogP contribution in [0.4, 0.5) is 18.9 Å². The molecule has 0 bridgehead atoms. The molecule has 1 fully saturated rings. The van der Waals surface area contributed by atoms with Gasteiger partial charge in [0.25, 0.3) is 0 Å². The van der Waals surface area contributed by atoms with E-state index in [9.17, 15) is 23.2 Å². The predicted molar refractivity (Wildman–Crippen MR) is 95.8 cm³/mol.